The van der Waals surface area contributed by atoms with Crippen LogP contribution in [0, 0.1) is 0 Å². The summed E-state index contributed by atoms with van der Waals surface area (Å²) in [6.45, 7) is 0.527. The summed E-state index contributed by atoms with van der Waals surface area (Å²) < 4.78 is 0. The third-order valence-electron chi connectivity index (χ3n) is 3.44. The Morgan fingerprint density at radius 3 is 2.16 bits per heavy atom. The Kier molecular flexibility index (Phi) is 5.48. The molecule has 0 atom stereocenters. The highest BCUT2D eigenvalue weighted by molar-refractivity contribution is 6.34. The fraction of sp³-hybridized carbons (Fsp3) is 0.0556. The first kappa shape index (κ1) is 17.2. The van der Waals surface area contributed by atoms with Gasteiger partial charge in [0, 0.05) is 11.6 Å². The molecule has 25 heavy (non-hydrogen) atoms. The molecule has 0 saturated heterocycles. The lowest BCUT2D eigenvalue weighted by molar-refractivity contribution is 0.102. The predicted molar refractivity (Wildman–Crippen MR) is 100 cm³/mol. The number of hydrogen-bond donors (Lipinski definition) is 2. The normalized spacial score (nSPS) is 10.3. The van der Waals surface area contributed by atoms with Crippen molar-refractivity contribution >= 4 is 40.7 Å². The standard InChI is InChI=1S/C18H14Cl2N4O/c19-14-7-3-1-5-12(14)11-21-16-9-10-17(24-23-16)22-18(25)13-6-2-4-8-15(13)20/h1-10H,11H2,(H,21,23)(H,22,24,25). The number of carbonyl (C=O) groups excluding carboxylic acids is 1. The first-order chi connectivity index (χ1) is 12.1. The lowest BCUT2D eigenvalue weighted by atomic mass is 10.2. The van der Waals surface area contributed by atoms with Gasteiger partial charge in [0.25, 0.3) is 5.91 Å². The first-order valence-electron chi connectivity index (χ1n) is 7.50. The maximum Gasteiger partial charge on any atom is 0.258 e. The van der Waals surface area contributed by atoms with Crippen LogP contribution in [0.2, 0.25) is 10.0 Å². The molecule has 0 aliphatic carbocycles. The molecule has 0 unspecified atom stereocenters. The van der Waals surface area contributed by atoms with E-state index in [0.29, 0.717) is 33.8 Å². The van der Waals surface area contributed by atoms with Crippen LogP contribution in [0.15, 0.2) is 60.7 Å². The Bertz CT molecular complexity index is 884. The van der Waals surface area contributed by atoms with Crippen LogP contribution in [0.3, 0.4) is 0 Å². The van der Waals surface area contributed by atoms with Crippen molar-refractivity contribution in [3.05, 3.63) is 81.8 Å². The van der Waals surface area contributed by atoms with Gasteiger partial charge in [-0.05, 0) is 35.9 Å². The summed E-state index contributed by atoms with van der Waals surface area (Å²) in [4.78, 5) is 12.2. The second-order valence-corrected chi connectivity index (χ2v) is 6.00. The zero-order chi connectivity index (χ0) is 17.6. The second kappa shape index (κ2) is 7.96. The van der Waals surface area contributed by atoms with Gasteiger partial charge in [0.15, 0.2) is 5.82 Å². The van der Waals surface area contributed by atoms with Crippen LogP contribution in [0.1, 0.15) is 15.9 Å². The van der Waals surface area contributed by atoms with Gasteiger partial charge >= 0.3 is 0 Å². The molecule has 7 heteroatoms. The molecule has 5 nitrogen and oxygen atoms in total. The van der Waals surface area contributed by atoms with E-state index < -0.39 is 0 Å². The SMILES string of the molecule is O=C(Nc1ccc(NCc2ccccc2Cl)nn1)c1ccccc1Cl. The number of rotatable bonds is 5. The number of aromatic nitrogens is 2. The molecule has 2 aromatic carbocycles. The quantitative estimate of drug-likeness (QED) is 0.683. The highest BCUT2D eigenvalue weighted by Gasteiger charge is 2.10. The molecular weight excluding hydrogens is 359 g/mol. The second-order valence-electron chi connectivity index (χ2n) is 5.18. The topological polar surface area (TPSA) is 66.9 Å². The smallest absolute Gasteiger partial charge is 0.258 e. The van der Waals surface area contributed by atoms with Gasteiger partial charge in [-0.15, -0.1) is 10.2 Å². The third-order valence-corrected chi connectivity index (χ3v) is 4.14. The van der Waals surface area contributed by atoms with Crippen LogP contribution in [0.4, 0.5) is 11.6 Å². The van der Waals surface area contributed by atoms with Crippen molar-refractivity contribution in [1.29, 1.82) is 0 Å². The summed E-state index contributed by atoms with van der Waals surface area (Å²) in [5.41, 5.74) is 1.34. The number of nitrogens with one attached hydrogen (secondary N) is 2. The third kappa shape index (κ3) is 4.47. The minimum atomic E-state index is -0.336. The van der Waals surface area contributed by atoms with E-state index in [1.807, 2.05) is 24.3 Å². The average Bonchev–Trinajstić information content (AvgIpc) is 2.62. The lowest BCUT2D eigenvalue weighted by Gasteiger charge is -2.08. The maximum absolute atomic E-state index is 12.2. The molecule has 3 aromatic rings. The molecule has 0 spiro atoms. The number of benzene rings is 2. The van der Waals surface area contributed by atoms with Crippen molar-refractivity contribution in [2.45, 2.75) is 6.54 Å². The van der Waals surface area contributed by atoms with E-state index >= 15 is 0 Å². The molecule has 0 radical (unpaired) electrons. The summed E-state index contributed by atoms with van der Waals surface area (Å²) in [6, 6.07) is 17.8. The number of anilines is 2. The Balaban J connectivity index is 1.62. The number of carbonyl (C=O) groups is 1. The van der Waals surface area contributed by atoms with Crippen LogP contribution in [0.25, 0.3) is 0 Å². The minimum Gasteiger partial charge on any atom is -0.364 e. The number of nitrogens with zero attached hydrogens (tertiary/aromatic N) is 2. The minimum absolute atomic E-state index is 0.336. The Hall–Kier alpha value is -2.63. The molecule has 0 fully saturated rings. The molecule has 3 rings (SSSR count). The van der Waals surface area contributed by atoms with E-state index in [4.69, 9.17) is 23.2 Å². The van der Waals surface area contributed by atoms with Gasteiger partial charge in [-0.2, -0.15) is 0 Å². The molecule has 0 bridgehead atoms. The zero-order valence-corrected chi connectivity index (χ0v) is 14.6. The molecule has 1 amide bonds. The molecule has 0 saturated carbocycles. The monoisotopic (exact) mass is 372 g/mol. The summed E-state index contributed by atoms with van der Waals surface area (Å²) >= 11 is 12.1. The largest absolute Gasteiger partial charge is 0.364 e. The lowest BCUT2D eigenvalue weighted by Crippen LogP contribution is -2.14. The first-order valence-corrected chi connectivity index (χ1v) is 8.26. The van der Waals surface area contributed by atoms with Crippen molar-refractivity contribution in [1.82, 2.24) is 10.2 Å². The van der Waals surface area contributed by atoms with E-state index in [1.54, 1.807) is 36.4 Å². The maximum atomic E-state index is 12.2. The van der Waals surface area contributed by atoms with Gasteiger partial charge in [-0.3, -0.25) is 4.79 Å². The van der Waals surface area contributed by atoms with Crippen molar-refractivity contribution < 1.29 is 4.79 Å². The van der Waals surface area contributed by atoms with E-state index in [1.165, 1.54) is 0 Å². The van der Waals surface area contributed by atoms with Crippen molar-refractivity contribution in [3.8, 4) is 0 Å². The number of halogens is 2. The zero-order valence-electron chi connectivity index (χ0n) is 13.0. The van der Waals surface area contributed by atoms with Gasteiger partial charge in [0.1, 0.15) is 5.82 Å². The van der Waals surface area contributed by atoms with E-state index in [-0.39, 0.29) is 5.91 Å². The van der Waals surface area contributed by atoms with Crippen molar-refractivity contribution in [2.75, 3.05) is 10.6 Å². The van der Waals surface area contributed by atoms with Gasteiger partial charge < -0.3 is 10.6 Å². The van der Waals surface area contributed by atoms with E-state index in [9.17, 15) is 4.79 Å². The van der Waals surface area contributed by atoms with Crippen molar-refractivity contribution in [2.24, 2.45) is 0 Å². The molecule has 0 aliphatic rings. The molecule has 1 aromatic heterocycles. The molecule has 1 heterocycles. The van der Waals surface area contributed by atoms with Crippen molar-refractivity contribution in [3.63, 3.8) is 0 Å². The highest BCUT2D eigenvalue weighted by Crippen LogP contribution is 2.18. The fourth-order valence-electron chi connectivity index (χ4n) is 2.15. The van der Waals surface area contributed by atoms with E-state index in [0.717, 1.165) is 5.56 Å². The molecular formula is C18H14Cl2N4O. The molecule has 2 N–H and O–H groups in total. The van der Waals surface area contributed by atoms with Gasteiger partial charge in [-0.25, -0.2) is 0 Å². The van der Waals surface area contributed by atoms with Crippen LogP contribution >= 0.6 is 23.2 Å². The summed E-state index contributed by atoms with van der Waals surface area (Å²) in [5.74, 6) is 0.584. The fourth-order valence-corrected chi connectivity index (χ4v) is 2.57. The van der Waals surface area contributed by atoms with Crippen LogP contribution in [-0.2, 0) is 6.54 Å². The predicted octanol–water partition coefficient (Wildman–Crippen LogP) is 4.65. The van der Waals surface area contributed by atoms with Crippen LogP contribution < -0.4 is 10.6 Å². The Labute approximate surface area is 155 Å². The summed E-state index contributed by atoms with van der Waals surface area (Å²) in [7, 11) is 0. The molecule has 126 valence electrons. The average molecular weight is 373 g/mol. The molecule has 0 aliphatic heterocycles. The summed E-state index contributed by atoms with van der Waals surface area (Å²) in [5, 5.41) is 14.9. The summed E-state index contributed by atoms with van der Waals surface area (Å²) in [6.07, 6.45) is 0. The number of amides is 1. The van der Waals surface area contributed by atoms with E-state index in [2.05, 4.69) is 20.8 Å². The van der Waals surface area contributed by atoms with Crippen LogP contribution in [0.5, 0.6) is 0 Å². The van der Waals surface area contributed by atoms with Gasteiger partial charge in [-0.1, -0.05) is 53.5 Å². The highest BCUT2D eigenvalue weighted by atomic mass is 35.5. The van der Waals surface area contributed by atoms with Gasteiger partial charge in [0.2, 0.25) is 0 Å². The Morgan fingerprint density at radius 1 is 0.840 bits per heavy atom. The Morgan fingerprint density at radius 2 is 1.48 bits per heavy atom. The van der Waals surface area contributed by atoms with Crippen LogP contribution in [-0.4, -0.2) is 16.1 Å². The van der Waals surface area contributed by atoms with Gasteiger partial charge in [0.05, 0.1) is 10.6 Å². The number of hydrogen-bond acceptors (Lipinski definition) is 4.